The van der Waals surface area contributed by atoms with E-state index < -0.39 is 0 Å². The predicted octanol–water partition coefficient (Wildman–Crippen LogP) is 2.65. The van der Waals surface area contributed by atoms with E-state index in [-0.39, 0.29) is 11.5 Å². The fourth-order valence-corrected chi connectivity index (χ4v) is 2.78. The van der Waals surface area contributed by atoms with Crippen molar-refractivity contribution in [3.05, 3.63) is 23.3 Å². The Balaban J connectivity index is 2.53. The van der Waals surface area contributed by atoms with Gasteiger partial charge >= 0.3 is 0 Å². The van der Waals surface area contributed by atoms with Crippen LogP contribution in [0.25, 0.3) is 0 Å². The van der Waals surface area contributed by atoms with Crippen LogP contribution in [0.1, 0.15) is 37.8 Å². The normalized spacial score (nSPS) is 18.3. The standard InChI is InChI=1S/C15H23NO2/c1-5-11-8-13(17-3)14(18-4)9-12(11)15(6-7-15)10(2)16/h8-10H,5-7,16H2,1-4H3. The molecule has 1 atom stereocenters. The average molecular weight is 249 g/mol. The van der Waals surface area contributed by atoms with Crippen LogP contribution in [-0.4, -0.2) is 20.3 Å². The molecular weight excluding hydrogens is 226 g/mol. The molecule has 0 amide bonds. The number of methoxy groups -OCH3 is 2. The summed E-state index contributed by atoms with van der Waals surface area (Å²) in [5.41, 5.74) is 9.00. The monoisotopic (exact) mass is 249 g/mol. The van der Waals surface area contributed by atoms with Crippen LogP contribution in [0.2, 0.25) is 0 Å². The highest BCUT2D eigenvalue weighted by Crippen LogP contribution is 2.53. The minimum atomic E-state index is 0.158. The van der Waals surface area contributed by atoms with Crippen molar-refractivity contribution in [3.63, 3.8) is 0 Å². The summed E-state index contributed by atoms with van der Waals surface area (Å²) in [7, 11) is 3.36. The first-order chi connectivity index (χ1) is 8.58. The number of hydrogen-bond donors (Lipinski definition) is 1. The molecule has 2 rings (SSSR count). The molecule has 18 heavy (non-hydrogen) atoms. The molecule has 0 spiro atoms. The number of ether oxygens (including phenoxy) is 2. The Hall–Kier alpha value is -1.22. The van der Waals surface area contributed by atoms with Gasteiger partial charge in [0, 0.05) is 11.5 Å². The van der Waals surface area contributed by atoms with Crippen LogP contribution in [0, 0.1) is 0 Å². The summed E-state index contributed by atoms with van der Waals surface area (Å²) < 4.78 is 10.8. The molecule has 3 heteroatoms. The number of benzene rings is 1. The molecule has 0 radical (unpaired) electrons. The van der Waals surface area contributed by atoms with Crippen LogP contribution >= 0.6 is 0 Å². The lowest BCUT2D eigenvalue weighted by atomic mass is 9.85. The van der Waals surface area contributed by atoms with Crippen molar-refractivity contribution in [3.8, 4) is 11.5 Å². The predicted molar refractivity (Wildman–Crippen MR) is 73.5 cm³/mol. The summed E-state index contributed by atoms with van der Waals surface area (Å²) in [6.45, 7) is 4.27. The van der Waals surface area contributed by atoms with Crippen LogP contribution in [-0.2, 0) is 11.8 Å². The van der Waals surface area contributed by atoms with E-state index in [0.29, 0.717) is 0 Å². The molecule has 0 aliphatic heterocycles. The maximum Gasteiger partial charge on any atom is 0.161 e. The largest absolute Gasteiger partial charge is 0.493 e. The highest BCUT2D eigenvalue weighted by atomic mass is 16.5. The SMILES string of the molecule is CCc1cc(OC)c(OC)cc1C1(C(C)N)CC1. The highest BCUT2D eigenvalue weighted by Gasteiger charge is 2.48. The van der Waals surface area contributed by atoms with Gasteiger partial charge in [-0.05, 0) is 49.4 Å². The van der Waals surface area contributed by atoms with E-state index in [1.54, 1.807) is 14.2 Å². The van der Waals surface area contributed by atoms with Gasteiger partial charge in [0.15, 0.2) is 11.5 Å². The average Bonchev–Trinajstić information content (AvgIpc) is 3.18. The first kappa shape index (κ1) is 13.2. The second kappa shape index (κ2) is 4.81. The molecule has 0 heterocycles. The van der Waals surface area contributed by atoms with E-state index in [2.05, 4.69) is 26.0 Å². The molecule has 1 aliphatic rings. The summed E-state index contributed by atoms with van der Waals surface area (Å²) >= 11 is 0. The fourth-order valence-electron chi connectivity index (χ4n) is 2.78. The molecule has 100 valence electrons. The molecule has 1 aliphatic carbocycles. The summed E-state index contributed by atoms with van der Waals surface area (Å²) in [6, 6.07) is 4.39. The van der Waals surface area contributed by atoms with Gasteiger partial charge in [-0.1, -0.05) is 6.92 Å². The number of nitrogens with two attached hydrogens (primary N) is 1. The van der Waals surface area contributed by atoms with Crippen molar-refractivity contribution in [1.82, 2.24) is 0 Å². The van der Waals surface area contributed by atoms with Gasteiger partial charge in [-0.2, -0.15) is 0 Å². The summed E-state index contributed by atoms with van der Waals surface area (Å²) in [5.74, 6) is 1.61. The zero-order chi connectivity index (χ0) is 13.3. The van der Waals surface area contributed by atoms with E-state index in [0.717, 1.165) is 17.9 Å². The second-order valence-corrected chi connectivity index (χ2v) is 5.16. The van der Waals surface area contributed by atoms with Crippen LogP contribution in [0.3, 0.4) is 0 Å². The van der Waals surface area contributed by atoms with Crippen LogP contribution in [0.15, 0.2) is 12.1 Å². The lowest BCUT2D eigenvalue weighted by Gasteiger charge is -2.24. The molecule has 1 aromatic carbocycles. The van der Waals surface area contributed by atoms with Gasteiger partial charge in [-0.15, -0.1) is 0 Å². The van der Waals surface area contributed by atoms with E-state index in [4.69, 9.17) is 15.2 Å². The van der Waals surface area contributed by atoms with Crippen molar-refractivity contribution in [1.29, 1.82) is 0 Å². The summed E-state index contributed by atoms with van der Waals surface area (Å²) in [4.78, 5) is 0. The third kappa shape index (κ3) is 1.97. The van der Waals surface area contributed by atoms with E-state index in [1.165, 1.54) is 24.0 Å². The van der Waals surface area contributed by atoms with Gasteiger partial charge < -0.3 is 15.2 Å². The summed E-state index contributed by atoms with van der Waals surface area (Å²) in [6.07, 6.45) is 3.34. The molecule has 0 bridgehead atoms. The molecular formula is C15H23NO2. The molecule has 1 fully saturated rings. The number of aryl methyl sites for hydroxylation is 1. The maximum absolute atomic E-state index is 6.18. The molecule has 1 saturated carbocycles. The van der Waals surface area contributed by atoms with Gasteiger partial charge in [0.1, 0.15) is 0 Å². The Bertz CT molecular complexity index is 436. The third-order valence-corrected chi connectivity index (χ3v) is 4.19. The van der Waals surface area contributed by atoms with Gasteiger partial charge in [-0.3, -0.25) is 0 Å². The lowest BCUT2D eigenvalue weighted by Crippen LogP contribution is -2.32. The second-order valence-electron chi connectivity index (χ2n) is 5.16. The lowest BCUT2D eigenvalue weighted by molar-refractivity contribution is 0.353. The quantitative estimate of drug-likeness (QED) is 0.872. The molecule has 2 N–H and O–H groups in total. The number of rotatable bonds is 5. The first-order valence-corrected chi connectivity index (χ1v) is 6.60. The molecule has 0 saturated heterocycles. The maximum atomic E-state index is 6.18. The van der Waals surface area contributed by atoms with Gasteiger partial charge in [0.2, 0.25) is 0 Å². The van der Waals surface area contributed by atoms with E-state index in [1.807, 2.05) is 0 Å². The Morgan fingerprint density at radius 2 is 1.78 bits per heavy atom. The molecule has 3 nitrogen and oxygen atoms in total. The van der Waals surface area contributed by atoms with E-state index in [9.17, 15) is 0 Å². The van der Waals surface area contributed by atoms with Crippen molar-refractivity contribution in [2.45, 2.75) is 44.6 Å². The van der Waals surface area contributed by atoms with Gasteiger partial charge in [0.25, 0.3) is 0 Å². The van der Waals surface area contributed by atoms with Crippen molar-refractivity contribution in [2.24, 2.45) is 5.73 Å². The minimum Gasteiger partial charge on any atom is -0.493 e. The van der Waals surface area contributed by atoms with Crippen LogP contribution in [0.4, 0.5) is 0 Å². The fraction of sp³-hybridized carbons (Fsp3) is 0.600. The molecule has 1 aromatic rings. The van der Waals surface area contributed by atoms with Crippen LogP contribution in [0.5, 0.6) is 11.5 Å². The Morgan fingerprint density at radius 1 is 1.22 bits per heavy atom. The Kier molecular flexibility index (Phi) is 3.53. The van der Waals surface area contributed by atoms with Gasteiger partial charge in [0.05, 0.1) is 14.2 Å². The topological polar surface area (TPSA) is 44.5 Å². The smallest absolute Gasteiger partial charge is 0.161 e. The van der Waals surface area contributed by atoms with Crippen molar-refractivity contribution in [2.75, 3.05) is 14.2 Å². The van der Waals surface area contributed by atoms with Gasteiger partial charge in [-0.25, -0.2) is 0 Å². The minimum absolute atomic E-state index is 0.158. The third-order valence-electron chi connectivity index (χ3n) is 4.19. The van der Waals surface area contributed by atoms with Crippen molar-refractivity contribution < 1.29 is 9.47 Å². The zero-order valence-electron chi connectivity index (χ0n) is 11.7. The zero-order valence-corrected chi connectivity index (χ0v) is 11.7. The highest BCUT2D eigenvalue weighted by molar-refractivity contribution is 5.52. The summed E-state index contributed by atoms with van der Waals surface area (Å²) in [5, 5.41) is 0. The van der Waals surface area contributed by atoms with Crippen LogP contribution < -0.4 is 15.2 Å². The van der Waals surface area contributed by atoms with Crippen molar-refractivity contribution >= 4 is 0 Å². The number of hydrogen-bond acceptors (Lipinski definition) is 3. The molecule has 1 unspecified atom stereocenters. The Labute approximate surface area is 109 Å². The first-order valence-electron chi connectivity index (χ1n) is 6.60. The molecule has 0 aromatic heterocycles. The Morgan fingerprint density at radius 3 is 2.17 bits per heavy atom. The van der Waals surface area contributed by atoms with E-state index >= 15 is 0 Å².